The van der Waals surface area contributed by atoms with Crippen molar-refractivity contribution < 1.29 is 13.9 Å². The third-order valence-corrected chi connectivity index (χ3v) is 6.69. The van der Waals surface area contributed by atoms with E-state index in [1.165, 1.54) is 11.6 Å². The molecule has 5 heteroatoms. The number of hydrogen-bond donors (Lipinski definition) is 0. The lowest BCUT2D eigenvalue weighted by atomic mass is 10.1. The maximum atomic E-state index is 14.1. The summed E-state index contributed by atoms with van der Waals surface area (Å²) < 4.78 is 25.8. The van der Waals surface area contributed by atoms with Gasteiger partial charge in [0.25, 0.3) is 0 Å². The Morgan fingerprint density at radius 1 is 1.07 bits per heavy atom. The molecule has 3 nitrogen and oxygen atoms in total. The van der Waals surface area contributed by atoms with Gasteiger partial charge in [0, 0.05) is 19.6 Å². The van der Waals surface area contributed by atoms with Gasteiger partial charge in [0.2, 0.25) is 0 Å². The van der Waals surface area contributed by atoms with Gasteiger partial charge >= 0.3 is 0 Å². The molecule has 0 spiro atoms. The van der Waals surface area contributed by atoms with Crippen LogP contribution in [0.3, 0.4) is 0 Å². The molecular weight excluding hydrogens is 397 g/mol. The first kappa shape index (κ1) is 20.9. The lowest BCUT2D eigenvalue weighted by molar-refractivity contribution is -0.0320. The monoisotopic (exact) mass is 423 g/mol. The molecule has 1 saturated heterocycles. The molecule has 30 heavy (non-hydrogen) atoms. The number of para-hydroxylation sites is 1. The van der Waals surface area contributed by atoms with Crippen LogP contribution in [0.15, 0.2) is 83.8 Å². The van der Waals surface area contributed by atoms with Gasteiger partial charge in [0.1, 0.15) is 11.6 Å². The summed E-state index contributed by atoms with van der Waals surface area (Å²) in [5.41, 5.74) is 2.22. The van der Waals surface area contributed by atoms with Crippen LogP contribution in [0.1, 0.15) is 16.4 Å². The van der Waals surface area contributed by atoms with E-state index < -0.39 is 0 Å². The normalized spacial score (nSPS) is 18.1. The molecule has 0 aliphatic carbocycles. The van der Waals surface area contributed by atoms with E-state index in [-0.39, 0.29) is 17.2 Å². The van der Waals surface area contributed by atoms with Gasteiger partial charge in [-0.3, -0.25) is 4.90 Å². The summed E-state index contributed by atoms with van der Waals surface area (Å²) in [6, 6.07) is 25.3. The van der Waals surface area contributed by atoms with Crippen molar-refractivity contribution in [2.75, 3.05) is 26.8 Å². The molecule has 1 aliphatic rings. The van der Waals surface area contributed by atoms with Crippen molar-refractivity contribution in [3.05, 3.63) is 95.8 Å². The Morgan fingerprint density at radius 3 is 2.67 bits per heavy atom. The summed E-state index contributed by atoms with van der Waals surface area (Å²) in [4.78, 5) is 3.44. The average molecular weight is 424 g/mol. The Balaban J connectivity index is 1.58. The number of halogens is 1. The topological polar surface area (TPSA) is 21.7 Å². The van der Waals surface area contributed by atoms with Crippen molar-refractivity contribution in [3.8, 4) is 5.75 Å². The lowest BCUT2D eigenvalue weighted by Gasteiger charge is -2.37. The fourth-order valence-electron chi connectivity index (χ4n) is 3.80. The second kappa shape index (κ2) is 10.1. The van der Waals surface area contributed by atoms with Crippen molar-refractivity contribution in [1.82, 2.24) is 4.90 Å². The molecule has 3 aromatic carbocycles. The number of thioether (sulfide) groups is 1. The van der Waals surface area contributed by atoms with Gasteiger partial charge in [0.05, 0.1) is 30.0 Å². The number of rotatable bonds is 7. The zero-order chi connectivity index (χ0) is 20.8. The summed E-state index contributed by atoms with van der Waals surface area (Å²) in [5.74, 6) is 0.593. The van der Waals surface area contributed by atoms with E-state index in [4.69, 9.17) is 9.47 Å². The van der Waals surface area contributed by atoms with Gasteiger partial charge in [-0.25, -0.2) is 4.39 Å². The van der Waals surface area contributed by atoms with E-state index in [9.17, 15) is 4.39 Å². The number of methoxy groups -OCH3 is 1. The zero-order valence-electron chi connectivity index (χ0n) is 17.0. The zero-order valence-corrected chi connectivity index (χ0v) is 17.9. The van der Waals surface area contributed by atoms with Crippen molar-refractivity contribution in [3.63, 3.8) is 0 Å². The van der Waals surface area contributed by atoms with Gasteiger partial charge in [-0.15, -0.1) is 11.8 Å². The molecule has 1 heterocycles. The number of nitrogens with zero attached hydrogens (tertiary/aromatic N) is 1. The average Bonchev–Trinajstić information content (AvgIpc) is 2.78. The van der Waals surface area contributed by atoms with E-state index >= 15 is 0 Å². The van der Waals surface area contributed by atoms with Crippen LogP contribution in [0.25, 0.3) is 0 Å². The summed E-state index contributed by atoms with van der Waals surface area (Å²) in [6.45, 7) is 3.23. The van der Waals surface area contributed by atoms with Gasteiger partial charge in [0.15, 0.2) is 0 Å². The molecule has 1 aliphatic heterocycles. The molecule has 0 aromatic heterocycles. The predicted octanol–water partition coefficient (Wildman–Crippen LogP) is 5.57. The van der Waals surface area contributed by atoms with Gasteiger partial charge in [-0.1, -0.05) is 54.6 Å². The first-order chi connectivity index (χ1) is 14.7. The number of ether oxygens (including phenoxy) is 2. The predicted molar refractivity (Wildman–Crippen MR) is 119 cm³/mol. The molecule has 0 saturated carbocycles. The SMILES string of the molecule is COc1ccccc1S[C@H](c1cccc(F)c1)C1CN(Cc2ccccc2)CCO1. The third kappa shape index (κ3) is 5.22. The van der Waals surface area contributed by atoms with Gasteiger partial charge < -0.3 is 9.47 Å². The Kier molecular flexibility index (Phi) is 7.05. The van der Waals surface area contributed by atoms with Crippen LogP contribution >= 0.6 is 11.8 Å². The molecule has 3 aromatic rings. The van der Waals surface area contributed by atoms with Crippen molar-refractivity contribution in [2.45, 2.75) is 22.8 Å². The molecule has 1 fully saturated rings. The molecule has 0 radical (unpaired) electrons. The first-order valence-corrected chi connectivity index (χ1v) is 11.0. The van der Waals surface area contributed by atoms with E-state index in [0.717, 1.165) is 35.8 Å². The minimum Gasteiger partial charge on any atom is -0.496 e. The van der Waals surface area contributed by atoms with Crippen molar-refractivity contribution in [2.24, 2.45) is 0 Å². The lowest BCUT2D eigenvalue weighted by Crippen LogP contribution is -2.44. The number of morpholine rings is 1. The van der Waals surface area contributed by atoms with E-state index in [0.29, 0.717) is 6.61 Å². The third-order valence-electron chi connectivity index (χ3n) is 5.26. The van der Waals surface area contributed by atoms with Crippen LogP contribution < -0.4 is 4.74 Å². The number of benzene rings is 3. The Morgan fingerprint density at radius 2 is 1.87 bits per heavy atom. The molecule has 2 atom stereocenters. The summed E-state index contributed by atoms with van der Waals surface area (Å²) >= 11 is 1.67. The maximum absolute atomic E-state index is 14.1. The molecule has 0 amide bonds. The summed E-state index contributed by atoms with van der Waals surface area (Å²) in [5, 5.41) is -0.0458. The highest BCUT2D eigenvalue weighted by Gasteiger charge is 2.31. The van der Waals surface area contributed by atoms with E-state index in [2.05, 4.69) is 29.2 Å². The Labute approximate surface area is 181 Å². The smallest absolute Gasteiger partial charge is 0.132 e. The Bertz CT molecular complexity index is 953. The minimum atomic E-state index is -0.227. The van der Waals surface area contributed by atoms with Crippen LogP contribution in [0.2, 0.25) is 0 Å². The van der Waals surface area contributed by atoms with Crippen LogP contribution in [0.5, 0.6) is 5.75 Å². The maximum Gasteiger partial charge on any atom is 0.132 e. The quantitative estimate of drug-likeness (QED) is 0.463. The number of hydrogen-bond acceptors (Lipinski definition) is 4. The van der Waals surface area contributed by atoms with Crippen LogP contribution in [-0.4, -0.2) is 37.8 Å². The summed E-state index contributed by atoms with van der Waals surface area (Å²) in [7, 11) is 1.68. The molecule has 0 N–H and O–H groups in total. The minimum absolute atomic E-state index is 0.0458. The highest BCUT2D eigenvalue weighted by molar-refractivity contribution is 7.99. The van der Waals surface area contributed by atoms with Crippen molar-refractivity contribution >= 4 is 11.8 Å². The molecule has 0 bridgehead atoms. The van der Waals surface area contributed by atoms with Crippen LogP contribution in [-0.2, 0) is 11.3 Å². The van der Waals surface area contributed by atoms with Gasteiger partial charge in [-0.2, -0.15) is 0 Å². The standard InChI is InChI=1S/C25H26FNO2S/c1-28-22-12-5-6-13-24(22)30-25(20-10-7-11-21(26)16-20)23-18-27(14-15-29-23)17-19-8-3-2-4-9-19/h2-13,16,23,25H,14-15,17-18H2,1H3/t23?,25-/m1/s1. The molecule has 4 rings (SSSR count). The highest BCUT2D eigenvalue weighted by atomic mass is 32.2. The van der Waals surface area contributed by atoms with E-state index in [1.54, 1.807) is 31.0 Å². The second-order valence-corrected chi connectivity index (χ2v) is 8.56. The first-order valence-electron chi connectivity index (χ1n) is 10.2. The van der Waals surface area contributed by atoms with Crippen LogP contribution in [0.4, 0.5) is 4.39 Å². The largest absolute Gasteiger partial charge is 0.496 e. The fraction of sp³-hybridized carbons (Fsp3) is 0.280. The van der Waals surface area contributed by atoms with E-state index in [1.807, 2.05) is 36.4 Å². The molecule has 156 valence electrons. The van der Waals surface area contributed by atoms with Gasteiger partial charge in [-0.05, 0) is 35.4 Å². The molecule has 1 unspecified atom stereocenters. The fourth-order valence-corrected chi connectivity index (χ4v) is 5.09. The summed E-state index contributed by atoms with van der Waals surface area (Å²) in [6.07, 6.45) is -0.0563. The van der Waals surface area contributed by atoms with Crippen LogP contribution in [0, 0.1) is 5.82 Å². The Hall–Kier alpha value is -2.34. The highest BCUT2D eigenvalue weighted by Crippen LogP contribution is 2.43. The molecular formula is C25H26FNO2S. The van der Waals surface area contributed by atoms with Crippen molar-refractivity contribution in [1.29, 1.82) is 0 Å². The second-order valence-electron chi connectivity index (χ2n) is 7.37.